The van der Waals surface area contributed by atoms with Gasteiger partial charge in [0.25, 0.3) is 0 Å². The summed E-state index contributed by atoms with van der Waals surface area (Å²) in [7, 11) is 4.65. The summed E-state index contributed by atoms with van der Waals surface area (Å²) in [5.74, 6) is 1.57. The first-order valence-electron chi connectivity index (χ1n) is 8.52. The van der Waals surface area contributed by atoms with Crippen LogP contribution in [0.3, 0.4) is 0 Å². The van der Waals surface area contributed by atoms with Gasteiger partial charge in [0.1, 0.15) is 5.60 Å². The van der Waals surface area contributed by atoms with E-state index in [-0.39, 0.29) is 0 Å². The Bertz CT molecular complexity index is 621. The Morgan fingerprint density at radius 2 is 1.56 bits per heavy atom. The maximum atomic E-state index is 11.5. The average molecular weight is 400 g/mol. The number of carbonyl (C=O) groups excluding carboxylic acids is 1. The molecule has 0 aliphatic carbocycles. The van der Waals surface area contributed by atoms with Crippen molar-refractivity contribution in [1.29, 1.82) is 0 Å². The first kappa shape index (κ1) is 22.6. The molecule has 0 aliphatic rings. The number of ether oxygens (including phenoxy) is 4. The summed E-state index contributed by atoms with van der Waals surface area (Å²) in [6, 6.07) is 3.53. The first-order chi connectivity index (χ1) is 12.7. The molecule has 0 bridgehead atoms. The molecule has 152 valence electrons. The molecule has 1 rings (SSSR count). The van der Waals surface area contributed by atoms with Crippen molar-refractivity contribution in [3.8, 4) is 17.2 Å². The Hall–Kier alpha value is -2.42. The monoisotopic (exact) mass is 399 g/mol. The van der Waals surface area contributed by atoms with Crippen LogP contribution in [0.5, 0.6) is 17.2 Å². The summed E-state index contributed by atoms with van der Waals surface area (Å²) in [5, 5.41) is 9.28. The third-order valence-electron chi connectivity index (χ3n) is 3.23. The molecule has 0 spiro atoms. The van der Waals surface area contributed by atoms with Gasteiger partial charge >= 0.3 is 6.09 Å². The number of carbonyl (C=O) groups is 1. The SMILES string of the molecule is COc1cc(NC(=S)NCCCNC(=O)OC(C)(C)C)cc(OC)c1OC. The number of thiocarbonyl (C=S) groups is 1. The van der Waals surface area contributed by atoms with Gasteiger partial charge in [0, 0.05) is 30.9 Å². The molecule has 0 radical (unpaired) electrons. The van der Waals surface area contributed by atoms with E-state index in [1.54, 1.807) is 33.5 Å². The Morgan fingerprint density at radius 3 is 2.04 bits per heavy atom. The van der Waals surface area contributed by atoms with Crippen molar-refractivity contribution < 1.29 is 23.7 Å². The van der Waals surface area contributed by atoms with E-state index in [2.05, 4.69) is 16.0 Å². The predicted octanol–water partition coefficient (Wildman–Crippen LogP) is 2.91. The standard InChI is InChI=1S/C18H29N3O5S/c1-18(2,3)26-17(22)20-9-7-8-19-16(27)21-12-10-13(23-4)15(25-6)14(11-12)24-5/h10-11H,7-9H2,1-6H3,(H,20,22)(H2,19,21,27). The number of hydrogen-bond donors (Lipinski definition) is 3. The van der Waals surface area contributed by atoms with Gasteiger partial charge in [-0.2, -0.15) is 0 Å². The van der Waals surface area contributed by atoms with E-state index in [1.807, 2.05) is 20.8 Å². The van der Waals surface area contributed by atoms with E-state index >= 15 is 0 Å². The minimum Gasteiger partial charge on any atom is -0.493 e. The van der Waals surface area contributed by atoms with Crippen LogP contribution in [0.15, 0.2) is 12.1 Å². The van der Waals surface area contributed by atoms with Gasteiger partial charge in [-0.3, -0.25) is 0 Å². The molecular formula is C18H29N3O5S. The highest BCUT2D eigenvalue weighted by atomic mass is 32.1. The molecule has 1 amide bonds. The van der Waals surface area contributed by atoms with Crippen molar-refractivity contribution in [3.05, 3.63) is 12.1 Å². The van der Waals surface area contributed by atoms with Gasteiger partial charge in [-0.15, -0.1) is 0 Å². The van der Waals surface area contributed by atoms with E-state index in [9.17, 15) is 4.79 Å². The van der Waals surface area contributed by atoms with Crippen molar-refractivity contribution in [2.75, 3.05) is 39.7 Å². The van der Waals surface area contributed by atoms with E-state index < -0.39 is 11.7 Å². The molecule has 9 heteroatoms. The van der Waals surface area contributed by atoms with Crippen molar-refractivity contribution in [2.45, 2.75) is 32.8 Å². The quantitative estimate of drug-likeness (QED) is 0.454. The van der Waals surface area contributed by atoms with Crippen molar-refractivity contribution >= 4 is 29.1 Å². The molecule has 0 saturated heterocycles. The van der Waals surface area contributed by atoms with Crippen LogP contribution in [0.4, 0.5) is 10.5 Å². The van der Waals surface area contributed by atoms with E-state index in [4.69, 9.17) is 31.2 Å². The zero-order valence-corrected chi connectivity index (χ0v) is 17.5. The lowest BCUT2D eigenvalue weighted by molar-refractivity contribution is 0.0527. The number of anilines is 1. The third kappa shape index (κ3) is 8.21. The molecule has 1 aromatic rings. The highest BCUT2D eigenvalue weighted by Crippen LogP contribution is 2.39. The molecule has 8 nitrogen and oxygen atoms in total. The number of amides is 1. The molecule has 0 unspecified atom stereocenters. The van der Waals surface area contributed by atoms with Gasteiger partial charge in [0.05, 0.1) is 21.3 Å². The van der Waals surface area contributed by atoms with Crippen LogP contribution in [0.2, 0.25) is 0 Å². The highest BCUT2D eigenvalue weighted by Gasteiger charge is 2.15. The maximum Gasteiger partial charge on any atom is 0.407 e. The largest absolute Gasteiger partial charge is 0.493 e. The molecule has 27 heavy (non-hydrogen) atoms. The van der Waals surface area contributed by atoms with Crippen LogP contribution in [0.25, 0.3) is 0 Å². The van der Waals surface area contributed by atoms with Crippen LogP contribution in [-0.4, -0.2) is 51.2 Å². The van der Waals surface area contributed by atoms with Crippen molar-refractivity contribution in [1.82, 2.24) is 10.6 Å². The molecule has 0 fully saturated rings. The fraction of sp³-hybridized carbons (Fsp3) is 0.556. The van der Waals surface area contributed by atoms with E-state index in [1.165, 1.54) is 0 Å². The summed E-state index contributed by atoms with van der Waals surface area (Å²) < 4.78 is 21.1. The number of hydrogen-bond acceptors (Lipinski definition) is 6. The Labute approximate surface area is 165 Å². The van der Waals surface area contributed by atoms with Gasteiger partial charge in [0.15, 0.2) is 16.6 Å². The Kier molecular flexibility index (Phi) is 8.93. The van der Waals surface area contributed by atoms with Gasteiger partial charge in [-0.1, -0.05) is 0 Å². The van der Waals surface area contributed by atoms with Crippen LogP contribution in [-0.2, 0) is 4.74 Å². The smallest absolute Gasteiger partial charge is 0.407 e. The minimum atomic E-state index is -0.506. The molecule has 0 aromatic heterocycles. The molecule has 1 aromatic carbocycles. The second-order valence-corrected chi connectivity index (χ2v) is 6.99. The summed E-state index contributed by atoms with van der Waals surface area (Å²) >= 11 is 5.28. The Balaban J connectivity index is 2.44. The topological polar surface area (TPSA) is 90.1 Å². The van der Waals surface area contributed by atoms with Crippen molar-refractivity contribution in [2.24, 2.45) is 0 Å². The van der Waals surface area contributed by atoms with E-state index in [0.29, 0.717) is 47.6 Å². The number of rotatable bonds is 8. The summed E-state index contributed by atoms with van der Waals surface area (Å²) in [5.41, 5.74) is 0.197. The zero-order chi connectivity index (χ0) is 20.4. The zero-order valence-electron chi connectivity index (χ0n) is 16.7. The number of methoxy groups -OCH3 is 3. The second kappa shape index (κ2) is 10.7. The first-order valence-corrected chi connectivity index (χ1v) is 8.92. The summed E-state index contributed by atoms with van der Waals surface area (Å²) in [4.78, 5) is 11.5. The summed E-state index contributed by atoms with van der Waals surface area (Å²) in [6.45, 7) is 6.53. The molecule has 0 heterocycles. The molecule has 3 N–H and O–H groups in total. The molecule has 0 saturated carbocycles. The Morgan fingerprint density at radius 1 is 1.00 bits per heavy atom. The van der Waals surface area contributed by atoms with Gasteiger partial charge in [-0.05, 0) is 39.4 Å². The van der Waals surface area contributed by atoms with Crippen molar-refractivity contribution in [3.63, 3.8) is 0 Å². The molecular weight excluding hydrogens is 370 g/mol. The van der Waals surface area contributed by atoms with Crippen LogP contribution in [0, 0.1) is 0 Å². The maximum absolute atomic E-state index is 11.5. The van der Waals surface area contributed by atoms with Gasteiger partial charge < -0.3 is 34.9 Å². The lowest BCUT2D eigenvalue weighted by Crippen LogP contribution is -2.35. The lowest BCUT2D eigenvalue weighted by atomic mass is 10.2. The van der Waals surface area contributed by atoms with Crippen LogP contribution < -0.4 is 30.2 Å². The normalized spacial score (nSPS) is 10.6. The van der Waals surface area contributed by atoms with E-state index in [0.717, 1.165) is 0 Å². The fourth-order valence-electron chi connectivity index (χ4n) is 2.12. The number of alkyl carbamates (subject to hydrolysis) is 1. The number of nitrogens with one attached hydrogen (secondary N) is 3. The lowest BCUT2D eigenvalue weighted by Gasteiger charge is -2.19. The second-order valence-electron chi connectivity index (χ2n) is 6.58. The van der Waals surface area contributed by atoms with Crippen LogP contribution in [0.1, 0.15) is 27.2 Å². The summed E-state index contributed by atoms with van der Waals surface area (Å²) in [6.07, 6.45) is 0.261. The minimum absolute atomic E-state index is 0.430. The third-order valence-corrected chi connectivity index (χ3v) is 3.48. The average Bonchev–Trinajstić information content (AvgIpc) is 2.58. The molecule has 0 atom stereocenters. The molecule has 0 aliphatic heterocycles. The highest BCUT2D eigenvalue weighted by molar-refractivity contribution is 7.80. The van der Waals surface area contributed by atoms with Gasteiger partial charge in [-0.25, -0.2) is 4.79 Å². The number of benzene rings is 1. The van der Waals surface area contributed by atoms with Crippen LogP contribution >= 0.6 is 12.2 Å². The van der Waals surface area contributed by atoms with Gasteiger partial charge in [0.2, 0.25) is 5.75 Å². The predicted molar refractivity (Wildman–Crippen MR) is 109 cm³/mol. The fourth-order valence-corrected chi connectivity index (χ4v) is 2.34.